The summed E-state index contributed by atoms with van der Waals surface area (Å²) in [6.45, 7) is 0. The van der Waals surface area contributed by atoms with Crippen LogP contribution in [0.3, 0.4) is 0 Å². The number of carbonyl (C=O) groups excluding carboxylic acids is 2. The fourth-order valence-electron chi connectivity index (χ4n) is 2.94. The van der Waals surface area contributed by atoms with E-state index in [1.54, 1.807) is 25.3 Å². The Hall–Kier alpha value is -3.31. The Morgan fingerprint density at radius 1 is 1.28 bits per heavy atom. The molecule has 1 saturated heterocycles. The summed E-state index contributed by atoms with van der Waals surface area (Å²) >= 11 is 1.09. The van der Waals surface area contributed by atoms with Crippen LogP contribution in [0.4, 0.5) is 10.1 Å². The second-order valence-corrected chi connectivity index (χ2v) is 7.35. The largest absolute Gasteiger partial charge is 0.497 e. The Morgan fingerprint density at radius 3 is 2.55 bits per heavy atom. The number of nitriles is 1. The maximum absolute atomic E-state index is 14.5. The average Bonchev–Trinajstić information content (AvgIpc) is 3.05. The topological polar surface area (TPSA) is 82.4 Å². The van der Waals surface area contributed by atoms with Gasteiger partial charge in [-0.3, -0.25) is 14.5 Å². The summed E-state index contributed by atoms with van der Waals surface area (Å²) in [6, 6.07) is 14.9. The van der Waals surface area contributed by atoms with Gasteiger partial charge in [0, 0.05) is 7.05 Å². The number of anilines is 1. The van der Waals surface area contributed by atoms with Crippen LogP contribution in [-0.4, -0.2) is 31.2 Å². The maximum atomic E-state index is 14.5. The van der Waals surface area contributed by atoms with Gasteiger partial charge < -0.3 is 10.1 Å². The minimum Gasteiger partial charge on any atom is -0.497 e. The van der Waals surface area contributed by atoms with Crippen molar-refractivity contribution in [3.8, 4) is 11.8 Å². The summed E-state index contributed by atoms with van der Waals surface area (Å²) in [4.78, 5) is 26.5. The van der Waals surface area contributed by atoms with Crippen molar-refractivity contribution in [2.45, 2.75) is 11.7 Å². The van der Waals surface area contributed by atoms with Crippen molar-refractivity contribution in [2.24, 2.45) is 0 Å². The summed E-state index contributed by atoms with van der Waals surface area (Å²) in [6.07, 6.45) is 0.356. The molecule has 1 fully saturated rings. The number of ether oxygens (including phenoxy) is 1. The highest BCUT2D eigenvalue weighted by atomic mass is 32.2. The summed E-state index contributed by atoms with van der Waals surface area (Å²) in [7, 11) is 2.96. The van der Waals surface area contributed by atoms with Crippen LogP contribution in [0.5, 0.6) is 5.75 Å². The van der Waals surface area contributed by atoms with Crippen LogP contribution in [0, 0.1) is 17.1 Å². The first-order chi connectivity index (χ1) is 14.0. The molecule has 6 nitrogen and oxygen atoms in total. The quantitative estimate of drug-likeness (QED) is 0.604. The lowest BCUT2D eigenvalue weighted by Gasteiger charge is -2.19. The lowest BCUT2D eigenvalue weighted by molar-refractivity contribution is -0.117. The number of nitrogens with one attached hydrogen (secondary N) is 1. The molecule has 8 heteroatoms. The van der Waals surface area contributed by atoms with Gasteiger partial charge in [-0.05, 0) is 36.2 Å². The highest BCUT2D eigenvalue weighted by molar-refractivity contribution is 8.05. The Labute approximate surface area is 172 Å². The standard InChI is InChI=1S/C21H18FN3O3S/c1-24-19(26)15(12-23)21-25(17-6-4-3-5-16(17)22)20(27)18(29-21)11-13-7-9-14(28-2)10-8-13/h3-10,18H,11H2,1-2H3,(H,24,26)/b21-15+/t18-/m1/s1. The van der Waals surface area contributed by atoms with Crippen molar-refractivity contribution in [3.05, 3.63) is 70.5 Å². The number of carbonyl (C=O) groups is 2. The molecule has 148 valence electrons. The van der Waals surface area contributed by atoms with Crippen molar-refractivity contribution in [3.63, 3.8) is 0 Å². The van der Waals surface area contributed by atoms with Gasteiger partial charge in [-0.25, -0.2) is 4.39 Å². The average molecular weight is 411 g/mol. The van der Waals surface area contributed by atoms with E-state index in [1.165, 1.54) is 25.2 Å². The molecule has 1 N–H and O–H groups in total. The molecule has 0 saturated carbocycles. The van der Waals surface area contributed by atoms with Crippen LogP contribution in [0.2, 0.25) is 0 Å². The SMILES string of the molecule is CNC(=O)/C(C#N)=C1/S[C@H](Cc2ccc(OC)cc2)C(=O)N1c1ccccc1F. The van der Waals surface area contributed by atoms with Gasteiger partial charge in [0.2, 0.25) is 5.91 Å². The molecule has 0 spiro atoms. The van der Waals surface area contributed by atoms with E-state index in [2.05, 4.69) is 5.32 Å². The van der Waals surface area contributed by atoms with Gasteiger partial charge >= 0.3 is 0 Å². The summed E-state index contributed by atoms with van der Waals surface area (Å²) in [5.74, 6) is -0.936. The molecule has 2 amide bonds. The van der Waals surface area contributed by atoms with Crippen molar-refractivity contribution in [1.29, 1.82) is 5.26 Å². The van der Waals surface area contributed by atoms with Crippen molar-refractivity contribution in [1.82, 2.24) is 5.32 Å². The molecule has 0 aromatic heterocycles. The third kappa shape index (κ3) is 4.10. The highest BCUT2D eigenvalue weighted by Gasteiger charge is 2.41. The number of likely N-dealkylation sites (N-methyl/N-ethyl adjacent to an activating group) is 1. The number of hydrogen-bond donors (Lipinski definition) is 1. The molecule has 2 aromatic carbocycles. The van der Waals surface area contributed by atoms with E-state index in [-0.39, 0.29) is 22.2 Å². The molecule has 0 radical (unpaired) electrons. The lowest BCUT2D eigenvalue weighted by atomic mass is 10.1. The van der Waals surface area contributed by atoms with Gasteiger partial charge in [0.25, 0.3) is 5.91 Å². The van der Waals surface area contributed by atoms with E-state index >= 15 is 0 Å². The number of hydrogen-bond acceptors (Lipinski definition) is 5. The molecule has 1 heterocycles. The zero-order chi connectivity index (χ0) is 21.0. The maximum Gasteiger partial charge on any atom is 0.264 e. The molecule has 0 unspecified atom stereocenters. The predicted octanol–water partition coefficient (Wildman–Crippen LogP) is 3.01. The Bertz CT molecular complexity index is 1010. The second-order valence-electron chi connectivity index (χ2n) is 6.15. The number of thioether (sulfide) groups is 1. The predicted molar refractivity (Wildman–Crippen MR) is 109 cm³/mol. The highest BCUT2D eigenvalue weighted by Crippen LogP contribution is 2.42. The molecule has 3 rings (SSSR count). The summed E-state index contributed by atoms with van der Waals surface area (Å²) in [5.41, 5.74) is 0.657. The van der Waals surface area contributed by atoms with E-state index in [1.807, 2.05) is 18.2 Å². The lowest BCUT2D eigenvalue weighted by Crippen LogP contribution is -2.32. The Balaban J connectivity index is 2.03. The van der Waals surface area contributed by atoms with E-state index in [0.717, 1.165) is 22.2 Å². The number of benzene rings is 2. The van der Waals surface area contributed by atoms with Crippen LogP contribution in [0.15, 0.2) is 59.1 Å². The molecule has 0 bridgehead atoms. The van der Waals surface area contributed by atoms with Crippen molar-refractivity contribution >= 4 is 29.3 Å². The summed E-state index contributed by atoms with van der Waals surface area (Å²) in [5, 5.41) is 11.4. The van der Waals surface area contributed by atoms with Gasteiger partial charge in [0.15, 0.2) is 0 Å². The monoisotopic (exact) mass is 411 g/mol. The zero-order valence-electron chi connectivity index (χ0n) is 15.8. The molecule has 2 aromatic rings. The fourth-order valence-corrected chi connectivity index (χ4v) is 4.24. The van der Waals surface area contributed by atoms with E-state index < -0.39 is 17.0 Å². The van der Waals surface area contributed by atoms with E-state index in [0.29, 0.717) is 12.2 Å². The Kier molecular flexibility index (Phi) is 6.20. The van der Waals surface area contributed by atoms with Crippen LogP contribution in [0.25, 0.3) is 0 Å². The minimum absolute atomic E-state index is 0.00823. The summed E-state index contributed by atoms with van der Waals surface area (Å²) < 4.78 is 19.6. The first kappa shape index (κ1) is 20.4. The first-order valence-corrected chi connectivity index (χ1v) is 9.62. The Morgan fingerprint density at radius 2 is 1.97 bits per heavy atom. The number of amides is 2. The second kappa shape index (κ2) is 8.80. The van der Waals surface area contributed by atoms with E-state index in [9.17, 15) is 19.2 Å². The smallest absolute Gasteiger partial charge is 0.264 e. The third-order valence-electron chi connectivity index (χ3n) is 4.41. The van der Waals surface area contributed by atoms with Crippen molar-refractivity contribution < 1.29 is 18.7 Å². The van der Waals surface area contributed by atoms with Crippen LogP contribution in [-0.2, 0) is 16.0 Å². The number of rotatable bonds is 5. The van der Waals surface area contributed by atoms with Crippen LogP contribution >= 0.6 is 11.8 Å². The molecule has 1 atom stereocenters. The molecular weight excluding hydrogens is 393 g/mol. The van der Waals surface area contributed by atoms with Gasteiger partial charge in [-0.2, -0.15) is 5.26 Å². The van der Waals surface area contributed by atoms with Crippen molar-refractivity contribution in [2.75, 3.05) is 19.1 Å². The minimum atomic E-state index is -0.630. The van der Waals surface area contributed by atoms with Crippen LogP contribution < -0.4 is 15.0 Å². The fraction of sp³-hybridized carbons (Fsp3) is 0.190. The molecule has 29 heavy (non-hydrogen) atoms. The van der Waals surface area contributed by atoms with Crippen LogP contribution in [0.1, 0.15) is 5.56 Å². The number of para-hydroxylation sites is 1. The number of nitrogens with zero attached hydrogens (tertiary/aromatic N) is 2. The third-order valence-corrected chi connectivity index (χ3v) is 5.67. The molecular formula is C21H18FN3O3S. The van der Waals surface area contributed by atoms with Gasteiger partial charge in [-0.15, -0.1) is 0 Å². The number of methoxy groups -OCH3 is 1. The molecule has 1 aliphatic heterocycles. The normalized spacial score (nSPS) is 17.7. The van der Waals surface area contributed by atoms with Gasteiger partial charge in [-0.1, -0.05) is 36.0 Å². The van der Waals surface area contributed by atoms with Gasteiger partial charge in [0.1, 0.15) is 28.2 Å². The van der Waals surface area contributed by atoms with E-state index in [4.69, 9.17) is 4.74 Å². The van der Waals surface area contributed by atoms with Gasteiger partial charge in [0.05, 0.1) is 18.0 Å². The zero-order valence-corrected chi connectivity index (χ0v) is 16.6. The molecule has 0 aliphatic carbocycles. The molecule has 1 aliphatic rings. The number of halogens is 1. The first-order valence-electron chi connectivity index (χ1n) is 8.74.